The lowest BCUT2D eigenvalue weighted by atomic mass is 9.78. The molecule has 0 aliphatic carbocycles. The van der Waals surface area contributed by atoms with Crippen molar-refractivity contribution in [2.75, 3.05) is 0 Å². The van der Waals surface area contributed by atoms with Crippen LogP contribution in [0.15, 0.2) is 53.3 Å². The van der Waals surface area contributed by atoms with Crippen LogP contribution in [0.25, 0.3) is 5.69 Å². The van der Waals surface area contributed by atoms with E-state index in [1.54, 1.807) is 4.57 Å². The molecule has 1 saturated heterocycles. The zero-order chi connectivity index (χ0) is 27.0. The van der Waals surface area contributed by atoms with Crippen molar-refractivity contribution in [2.45, 2.75) is 84.2 Å². The fourth-order valence-corrected chi connectivity index (χ4v) is 4.30. The van der Waals surface area contributed by atoms with Crippen LogP contribution in [0.3, 0.4) is 0 Å². The van der Waals surface area contributed by atoms with Crippen LogP contribution in [-0.2, 0) is 34.9 Å². The van der Waals surface area contributed by atoms with Gasteiger partial charge < -0.3 is 9.31 Å². The van der Waals surface area contributed by atoms with Crippen molar-refractivity contribution in [3.05, 3.63) is 76.0 Å². The van der Waals surface area contributed by atoms with E-state index in [-0.39, 0.29) is 5.69 Å². The maximum absolute atomic E-state index is 13.0. The summed E-state index contributed by atoms with van der Waals surface area (Å²) >= 11 is 0. The average Bonchev–Trinajstić information content (AvgIpc) is 3.25. The Labute approximate surface area is 215 Å². The number of rotatable bonds is 8. The molecule has 0 unspecified atom stereocenters. The van der Waals surface area contributed by atoms with Gasteiger partial charge in [-0.25, -0.2) is 4.79 Å². The van der Waals surface area contributed by atoms with Crippen molar-refractivity contribution in [2.24, 2.45) is 0 Å². The summed E-state index contributed by atoms with van der Waals surface area (Å²) < 4.78 is 53.8. The number of nitrogens with zero attached hydrogens (tertiary/aromatic N) is 3. The van der Waals surface area contributed by atoms with Crippen LogP contribution in [0.5, 0.6) is 0 Å². The van der Waals surface area contributed by atoms with E-state index in [1.807, 2.05) is 46.8 Å². The summed E-state index contributed by atoms with van der Waals surface area (Å²) in [6, 6.07) is 12.6. The molecule has 0 amide bonds. The molecule has 0 spiro atoms. The molecule has 1 aliphatic heterocycles. The van der Waals surface area contributed by atoms with Crippen molar-refractivity contribution < 1.29 is 22.5 Å². The summed E-state index contributed by atoms with van der Waals surface area (Å²) in [6.45, 7) is 10.6. The second-order valence-electron chi connectivity index (χ2n) is 10.5. The lowest BCUT2D eigenvalue weighted by molar-refractivity contribution is -0.137. The van der Waals surface area contributed by atoms with Crippen LogP contribution in [0.2, 0.25) is 0 Å². The zero-order valence-corrected chi connectivity index (χ0v) is 21.9. The van der Waals surface area contributed by atoms with E-state index in [2.05, 4.69) is 17.2 Å². The second-order valence-corrected chi connectivity index (χ2v) is 10.5. The Kier molecular flexibility index (Phi) is 7.45. The highest BCUT2D eigenvalue weighted by Gasteiger charge is 2.51. The van der Waals surface area contributed by atoms with Crippen LogP contribution in [0.4, 0.5) is 13.2 Å². The first-order valence-electron chi connectivity index (χ1n) is 12.6. The fraction of sp³-hybridized carbons (Fsp3) is 0.481. The quantitative estimate of drug-likeness (QED) is 0.399. The molecule has 6 nitrogen and oxygen atoms in total. The minimum absolute atomic E-state index is 0.312. The van der Waals surface area contributed by atoms with Crippen LogP contribution in [0.1, 0.15) is 64.4 Å². The van der Waals surface area contributed by atoms with Gasteiger partial charge in [0.05, 0.1) is 22.5 Å². The Morgan fingerprint density at radius 1 is 0.919 bits per heavy atom. The Morgan fingerprint density at radius 2 is 1.51 bits per heavy atom. The summed E-state index contributed by atoms with van der Waals surface area (Å²) in [6.07, 6.45) is -1.56. The number of aromatic nitrogens is 3. The minimum atomic E-state index is -4.43. The third-order valence-electron chi connectivity index (χ3n) is 7.20. The highest BCUT2D eigenvalue weighted by atomic mass is 19.4. The van der Waals surface area contributed by atoms with Crippen molar-refractivity contribution in [3.8, 4) is 5.69 Å². The monoisotopic (exact) mass is 515 g/mol. The van der Waals surface area contributed by atoms with E-state index >= 15 is 0 Å². The molecule has 2 aromatic carbocycles. The molecule has 0 bridgehead atoms. The molecular weight excluding hydrogens is 482 g/mol. The van der Waals surface area contributed by atoms with Crippen LogP contribution in [-0.4, -0.2) is 32.7 Å². The van der Waals surface area contributed by atoms with E-state index in [1.165, 1.54) is 16.8 Å². The maximum atomic E-state index is 13.0. The Morgan fingerprint density at radius 3 is 2.05 bits per heavy atom. The number of alkyl halides is 3. The largest absolute Gasteiger partial charge is 0.494 e. The van der Waals surface area contributed by atoms with Gasteiger partial charge >= 0.3 is 19.0 Å². The van der Waals surface area contributed by atoms with Crippen molar-refractivity contribution >= 4 is 12.6 Å². The van der Waals surface area contributed by atoms with Gasteiger partial charge in [0.1, 0.15) is 5.82 Å². The molecule has 1 aromatic heterocycles. The molecular formula is C27H33BF3N3O3. The Bertz CT molecular complexity index is 1260. The summed E-state index contributed by atoms with van der Waals surface area (Å²) in [7, 11) is -0.406. The minimum Gasteiger partial charge on any atom is -0.399 e. The molecule has 0 atom stereocenters. The SMILES string of the molecule is CCCn1c(CCCc2ccc(B3OC(C)(C)C(C)(C)O3)cc2)nn(-c2ccc(C(F)(F)F)cc2)c1=O. The first kappa shape index (κ1) is 27.2. The molecule has 1 aliphatic rings. The van der Waals surface area contributed by atoms with Crippen LogP contribution >= 0.6 is 0 Å². The van der Waals surface area contributed by atoms with Crippen molar-refractivity contribution in [3.63, 3.8) is 0 Å². The van der Waals surface area contributed by atoms with E-state index in [0.717, 1.165) is 42.4 Å². The summed E-state index contributed by atoms with van der Waals surface area (Å²) in [4.78, 5) is 13.0. The van der Waals surface area contributed by atoms with Crippen LogP contribution < -0.4 is 11.2 Å². The highest BCUT2D eigenvalue weighted by Crippen LogP contribution is 2.36. The van der Waals surface area contributed by atoms with Gasteiger partial charge in [0.25, 0.3) is 0 Å². The first-order valence-corrected chi connectivity index (χ1v) is 12.6. The molecule has 0 saturated carbocycles. The van der Waals surface area contributed by atoms with Gasteiger partial charge in [-0.05, 0) is 82.2 Å². The lowest BCUT2D eigenvalue weighted by Gasteiger charge is -2.32. The van der Waals surface area contributed by atoms with Crippen LogP contribution in [0, 0.1) is 0 Å². The highest BCUT2D eigenvalue weighted by molar-refractivity contribution is 6.62. The normalized spacial score (nSPS) is 16.9. The number of hydrogen-bond acceptors (Lipinski definition) is 4. The van der Waals surface area contributed by atoms with Crippen molar-refractivity contribution in [1.82, 2.24) is 14.3 Å². The van der Waals surface area contributed by atoms with E-state index < -0.39 is 30.1 Å². The molecule has 37 heavy (non-hydrogen) atoms. The zero-order valence-electron chi connectivity index (χ0n) is 21.9. The van der Waals surface area contributed by atoms with Gasteiger partial charge in [-0.2, -0.15) is 17.9 Å². The average molecular weight is 515 g/mol. The molecule has 2 heterocycles. The summed E-state index contributed by atoms with van der Waals surface area (Å²) in [5.41, 5.74) is 0.530. The molecule has 4 rings (SSSR count). The summed E-state index contributed by atoms with van der Waals surface area (Å²) in [5, 5.41) is 4.47. The van der Waals surface area contributed by atoms with E-state index in [9.17, 15) is 18.0 Å². The van der Waals surface area contributed by atoms with Gasteiger partial charge in [0.2, 0.25) is 0 Å². The molecule has 1 fully saturated rings. The van der Waals surface area contributed by atoms with Gasteiger partial charge in [0, 0.05) is 13.0 Å². The van der Waals surface area contributed by atoms with E-state index in [4.69, 9.17) is 9.31 Å². The van der Waals surface area contributed by atoms with Gasteiger partial charge in [-0.1, -0.05) is 31.2 Å². The van der Waals surface area contributed by atoms with Gasteiger partial charge in [-0.15, -0.1) is 5.10 Å². The molecule has 0 N–H and O–H groups in total. The number of benzene rings is 2. The summed E-state index contributed by atoms with van der Waals surface area (Å²) in [5.74, 6) is 0.626. The topological polar surface area (TPSA) is 58.3 Å². The third-order valence-corrected chi connectivity index (χ3v) is 7.20. The predicted octanol–water partition coefficient (Wildman–Crippen LogP) is 4.94. The van der Waals surface area contributed by atoms with Crippen molar-refractivity contribution in [1.29, 1.82) is 0 Å². The lowest BCUT2D eigenvalue weighted by Crippen LogP contribution is -2.41. The first-order chi connectivity index (χ1) is 17.3. The molecule has 10 heteroatoms. The van der Waals surface area contributed by atoms with Gasteiger partial charge in [-0.3, -0.25) is 4.57 Å². The smallest absolute Gasteiger partial charge is 0.399 e. The predicted molar refractivity (Wildman–Crippen MR) is 137 cm³/mol. The molecule has 198 valence electrons. The number of halogens is 3. The Balaban J connectivity index is 1.43. The third kappa shape index (κ3) is 5.70. The molecule has 3 aromatic rings. The number of hydrogen-bond donors (Lipinski definition) is 0. The maximum Gasteiger partial charge on any atom is 0.494 e. The molecule has 0 radical (unpaired) electrons. The standard InChI is InChI=1S/C27H33BF3N3O3/c1-6-18-33-23(32-34(24(33)35)22-16-12-20(13-17-22)27(29,30)31)9-7-8-19-10-14-21(15-11-19)28-36-25(2,3)26(4,5)37-28/h10-17H,6-9,18H2,1-5H3. The van der Waals surface area contributed by atoms with E-state index in [0.29, 0.717) is 24.5 Å². The van der Waals surface area contributed by atoms with Gasteiger partial charge in [0.15, 0.2) is 0 Å². The Hall–Kier alpha value is -2.85. The fourth-order valence-electron chi connectivity index (χ4n) is 4.30. The number of aryl methyl sites for hydroxylation is 2. The second kappa shape index (κ2) is 10.1.